The van der Waals surface area contributed by atoms with E-state index in [1.165, 1.54) is 24.3 Å². The van der Waals surface area contributed by atoms with Gasteiger partial charge < -0.3 is 24.8 Å². The van der Waals surface area contributed by atoms with Crippen molar-refractivity contribution in [3.63, 3.8) is 0 Å². The number of nitro benzene ring substituents is 1. The number of esters is 1. The molecule has 1 atom stereocenters. The Bertz CT molecular complexity index is 1760. The molecular weight excluding hydrogens is 639 g/mol. The van der Waals surface area contributed by atoms with E-state index in [4.69, 9.17) is 19.2 Å². The highest BCUT2D eigenvalue weighted by Gasteiger charge is 2.40. The van der Waals surface area contributed by atoms with Crippen molar-refractivity contribution in [2.45, 2.75) is 57.4 Å². The zero-order valence-corrected chi connectivity index (χ0v) is 27.4. The number of hydrogen-bond donors (Lipinski definition) is 2. The van der Waals surface area contributed by atoms with Crippen molar-refractivity contribution >= 4 is 34.3 Å². The Balaban J connectivity index is 1.12. The Morgan fingerprint density at radius 1 is 1.00 bits per heavy atom. The van der Waals surface area contributed by atoms with E-state index in [1.807, 2.05) is 6.07 Å². The topological polar surface area (TPSA) is 181 Å². The van der Waals surface area contributed by atoms with Crippen LogP contribution in [0.4, 0.5) is 15.8 Å². The van der Waals surface area contributed by atoms with Crippen molar-refractivity contribution in [3.8, 4) is 0 Å². The number of non-ortho nitro benzene ring substituents is 1. The van der Waals surface area contributed by atoms with Crippen molar-refractivity contribution in [1.29, 1.82) is 0 Å². The third-order valence-corrected chi connectivity index (χ3v) is 8.36. The molecule has 49 heavy (non-hydrogen) atoms. The molecule has 0 bridgehead atoms. The lowest BCUT2D eigenvalue weighted by molar-refractivity contribution is -0.383. The first-order chi connectivity index (χ1) is 23.7. The van der Waals surface area contributed by atoms with Crippen LogP contribution in [0.25, 0.3) is 11.0 Å². The number of halogens is 1. The molecule has 2 aromatic heterocycles. The van der Waals surface area contributed by atoms with E-state index in [9.17, 15) is 24.1 Å². The molecule has 15 heteroatoms. The van der Waals surface area contributed by atoms with Gasteiger partial charge in [-0.05, 0) is 77.8 Å². The van der Waals surface area contributed by atoms with Crippen LogP contribution in [0.15, 0.2) is 53.2 Å². The van der Waals surface area contributed by atoms with Gasteiger partial charge in [0, 0.05) is 37.8 Å². The summed E-state index contributed by atoms with van der Waals surface area (Å²) in [5.41, 5.74) is 2.20. The average molecular weight is 679 g/mol. The standard InChI is InChI=1S/C34H39FN6O8/c1-3-34(33(43)48-4-2,15-17-46-19-20-47-18-16-36-26-13-14-29(41(44)45)31-30(26)39-49-40-31)38-32(42)27-12-11-25(23-7-8-23)28(37-27)21-22-5-9-24(35)10-6-22/h5-6,9-14,23,36H,3-4,7-8,15-21H2,1-2H3,(H,38,42). The molecule has 260 valence electrons. The predicted molar refractivity (Wildman–Crippen MR) is 176 cm³/mol. The summed E-state index contributed by atoms with van der Waals surface area (Å²) in [4.78, 5) is 42.1. The van der Waals surface area contributed by atoms with E-state index in [1.54, 1.807) is 32.0 Å². The van der Waals surface area contributed by atoms with Crippen LogP contribution in [-0.4, -0.2) is 77.2 Å². The van der Waals surface area contributed by atoms with Gasteiger partial charge in [0.25, 0.3) is 5.91 Å². The number of hydrogen-bond acceptors (Lipinski definition) is 12. The molecule has 0 aliphatic heterocycles. The van der Waals surface area contributed by atoms with Crippen molar-refractivity contribution in [1.82, 2.24) is 20.6 Å². The maximum absolute atomic E-state index is 13.6. The quantitative estimate of drug-likeness (QED) is 0.0580. The van der Waals surface area contributed by atoms with Gasteiger partial charge in [0.15, 0.2) is 5.52 Å². The number of carbonyl (C=O) groups is 2. The smallest absolute Gasteiger partial charge is 0.331 e. The van der Waals surface area contributed by atoms with Gasteiger partial charge in [-0.1, -0.05) is 25.1 Å². The first-order valence-corrected chi connectivity index (χ1v) is 16.3. The highest BCUT2D eigenvalue weighted by atomic mass is 19.1. The molecular formula is C34H39FN6O8. The Morgan fingerprint density at radius 3 is 2.43 bits per heavy atom. The highest BCUT2D eigenvalue weighted by Crippen LogP contribution is 2.41. The number of pyridine rings is 1. The molecule has 1 aliphatic rings. The number of benzene rings is 2. The Hall–Kier alpha value is -5.02. The molecule has 2 aromatic carbocycles. The second-order valence-corrected chi connectivity index (χ2v) is 11.7. The van der Waals surface area contributed by atoms with E-state index in [-0.39, 0.29) is 67.5 Å². The van der Waals surface area contributed by atoms with Gasteiger partial charge in [-0.2, -0.15) is 0 Å². The van der Waals surface area contributed by atoms with Crippen LogP contribution in [0.3, 0.4) is 0 Å². The fraction of sp³-hybridized carbons (Fsp3) is 0.441. The zero-order chi connectivity index (χ0) is 34.8. The second kappa shape index (κ2) is 16.4. The molecule has 1 unspecified atom stereocenters. The maximum atomic E-state index is 13.6. The largest absolute Gasteiger partial charge is 0.464 e. The first-order valence-electron chi connectivity index (χ1n) is 16.3. The molecule has 1 amide bonds. The molecule has 2 heterocycles. The van der Waals surface area contributed by atoms with E-state index in [0.29, 0.717) is 31.2 Å². The lowest BCUT2D eigenvalue weighted by Crippen LogP contribution is -2.55. The molecule has 1 aliphatic carbocycles. The minimum Gasteiger partial charge on any atom is -0.464 e. The van der Waals surface area contributed by atoms with E-state index < -0.39 is 22.3 Å². The lowest BCUT2D eigenvalue weighted by Gasteiger charge is -2.31. The molecule has 14 nitrogen and oxygen atoms in total. The molecule has 0 spiro atoms. The molecule has 0 saturated heterocycles. The number of nitrogens with one attached hydrogen (secondary N) is 2. The fourth-order valence-corrected chi connectivity index (χ4v) is 5.49. The van der Waals surface area contributed by atoms with Crippen molar-refractivity contribution in [2.24, 2.45) is 0 Å². The van der Waals surface area contributed by atoms with Crippen LogP contribution < -0.4 is 10.6 Å². The van der Waals surface area contributed by atoms with Gasteiger partial charge in [-0.25, -0.2) is 18.8 Å². The van der Waals surface area contributed by atoms with Gasteiger partial charge >= 0.3 is 11.7 Å². The molecule has 0 radical (unpaired) electrons. The van der Waals surface area contributed by atoms with Gasteiger partial charge in [-0.3, -0.25) is 14.9 Å². The van der Waals surface area contributed by atoms with Gasteiger partial charge in [0.2, 0.25) is 5.52 Å². The first kappa shape index (κ1) is 35.3. The number of carbonyl (C=O) groups excluding carboxylic acids is 2. The maximum Gasteiger partial charge on any atom is 0.331 e. The molecule has 2 N–H and O–H groups in total. The predicted octanol–water partition coefficient (Wildman–Crippen LogP) is 5.11. The fourth-order valence-electron chi connectivity index (χ4n) is 5.49. The summed E-state index contributed by atoms with van der Waals surface area (Å²) >= 11 is 0. The SMILES string of the molecule is CCOC(=O)C(CC)(CCOCCOCCNc1ccc([N+](=O)[O-])c2nonc12)NC(=O)c1ccc(C2CC2)c(Cc2ccc(F)cc2)n1. The number of nitro groups is 1. The summed E-state index contributed by atoms with van der Waals surface area (Å²) in [6.45, 7) is 4.99. The number of amides is 1. The zero-order valence-electron chi connectivity index (χ0n) is 27.4. The molecule has 1 saturated carbocycles. The molecule has 4 aromatic rings. The third-order valence-electron chi connectivity index (χ3n) is 8.36. The van der Waals surface area contributed by atoms with Crippen molar-refractivity contribution < 1.29 is 37.7 Å². The number of aromatic nitrogens is 3. The van der Waals surface area contributed by atoms with Crippen molar-refractivity contribution in [3.05, 3.63) is 87.0 Å². The second-order valence-electron chi connectivity index (χ2n) is 11.7. The van der Waals surface area contributed by atoms with E-state index >= 15 is 0 Å². The summed E-state index contributed by atoms with van der Waals surface area (Å²) in [6, 6.07) is 12.7. The van der Waals surface area contributed by atoms with E-state index in [2.05, 4.69) is 25.6 Å². The molecule has 5 rings (SSSR count). The van der Waals surface area contributed by atoms with Gasteiger partial charge in [0.05, 0.1) is 37.0 Å². The average Bonchev–Trinajstić information content (AvgIpc) is 3.82. The lowest BCUT2D eigenvalue weighted by atomic mass is 9.91. The Labute approximate surface area is 281 Å². The van der Waals surface area contributed by atoms with Crippen molar-refractivity contribution in [2.75, 3.05) is 44.9 Å². The Morgan fingerprint density at radius 2 is 1.73 bits per heavy atom. The molecule has 1 fully saturated rings. The minimum atomic E-state index is -1.34. The van der Waals surface area contributed by atoms with Gasteiger partial charge in [0.1, 0.15) is 17.1 Å². The summed E-state index contributed by atoms with van der Waals surface area (Å²) in [7, 11) is 0. The summed E-state index contributed by atoms with van der Waals surface area (Å²) in [5.74, 6) is -0.981. The number of fused-ring (bicyclic) bond motifs is 1. The minimum absolute atomic E-state index is 0.0563. The van der Waals surface area contributed by atoms with Crippen LogP contribution in [-0.2, 0) is 25.4 Å². The highest BCUT2D eigenvalue weighted by molar-refractivity contribution is 5.97. The van der Waals surface area contributed by atoms with Gasteiger partial charge in [-0.15, -0.1) is 0 Å². The summed E-state index contributed by atoms with van der Waals surface area (Å²) in [5, 5.41) is 24.5. The van der Waals surface area contributed by atoms with Crippen LogP contribution in [0.5, 0.6) is 0 Å². The number of anilines is 1. The van der Waals surface area contributed by atoms with Crippen LogP contribution in [0.1, 0.15) is 72.8 Å². The summed E-state index contributed by atoms with van der Waals surface area (Å²) < 4.78 is 34.9. The normalized spacial score (nSPS) is 13.9. The number of rotatable bonds is 19. The number of ether oxygens (including phenoxy) is 3. The van der Waals surface area contributed by atoms with Crippen LogP contribution >= 0.6 is 0 Å². The Kier molecular flexibility index (Phi) is 11.8. The van der Waals surface area contributed by atoms with Crippen LogP contribution in [0.2, 0.25) is 0 Å². The summed E-state index contributed by atoms with van der Waals surface area (Å²) in [6.07, 6.45) is 3.00. The monoisotopic (exact) mass is 678 g/mol. The van der Waals surface area contributed by atoms with E-state index in [0.717, 1.165) is 29.7 Å². The van der Waals surface area contributed by atoms with Crippen LogP contribution in [0, 0.1) is 15.9 Å². The number of nitrogens with zero attached hydrogens (tertiary/aromatic N) is 4. The third kappa shape index (κ3) is 8.91.